The molecule has 0 unspecified atom stereocenters. The van der Waals surface area contributed by atoms with Crippen molar-refractivity contribution in [2.45, 2.75) is 64.5 Å². The van der Waals surface area contributed by atoms with Crippen LogP contribution in [-0.2, 0) is 14.3 Å². The van der Waals surface area contributed by atoms with Gasteiger partial charge in [0.25, 0.3) is 0 Å². The van der Waals surface area contributed by atoms with Gasteiger partial charge in [0.15, 0.2) is 0 Å². The van der Waals surface area contributed by atoms with Crippen LogP contribution in [0, 0.1) is 0 Å². The van der Waals surface area contributed by atoms with Gasteiger partial charge in [-0.2, -0.15) is 13.2 Å². The molecular formula is C15H26F3NO3. The molecular weight excluding hydrogens is 299 g/mol. The molecule has 0 aliphatic carbocycles. The number of nitrogens with zero attached hydrogens (tertiary/aromatic N) is 1. The molecule has 0 atom stereocenters. The van der Waals surface area contributed by atoms with Gasteiger partial charge in [0.2, 0.25) is 0 Å². The van der Waals surface area contributed by atoms with E-state index in [-0.39, 0.29) is 25.5 Å². The Hall–Kier alpha value is -1.27. The first kappa shape index (κ1) is 20.7. The molecule has 0 heterocycles. The average molecular weight is 325 g/mol. The third-order valence-corrected chi connectivity index (χ3v) is 3.35. The Kier molecular flexibility index (Phi) is 10.7. The summed E-state index contributed by atoms with van der Waals surface area (Å²) < 4.78 is 42.1. The summed E-state index contributed by atoms with van der Waals surface area (Å²) in [6.07, 6.45) is 0.359. The fourth-order valence-electron chi connectivity index (χ4n) is 2.07. The van der Waals surface area contributed by atoms with Gasteiger partial charge in [0.1, 0.15) is 0 Å². The van der Waals surface area contributed by atoms with Gasteiger partial charge < -0.3 is 9.64 Å². The van der Waals surface area contributed by atoms with Crippen LogP contribution in [-0.4, -0.2) is 43.2 Å². The number of hydrogen-bond acceptors (Lipinski definition) is 3. The van der Waals surface area contributed by atoms with Crippen LogP contribution in [0.1, 0.15) is 58.3 Å². The highest BCUT2D eigenvalue weighted by Crippen LogP contribution is 2.19. The van der Waals surface area contributed by atoms with Crippen molar-refractivity contribution in [1.82, 2.24) is 4.90 Å². The molecule has 7 heteroatoms. The van der Waals surface area contributed by atoms with E-state index in [1.807, 2.05) is 6.92 Å². The molecule has 0 aromatic rings. The largest absolute Gasteiger partial charge is 0.471 e. The molecule has 0 fully saturated rings. The predicted molar refractivity (Wildman–Crippen MR) is 77.3 cm³/mol. The minimum absolute atomic E-state index is 0.0750. The molecule has 0 radical (unpaired) electrons. The Balaban J connectivity index is 4.17. The first-order chi connectivity index (χ1) is 10.3. The molecule has 0 aliphatic rings. The van der Waals surface area contributed by atoms with Crippen molar-refractivity contribution in [1.29, 1.82) is 0 Å². The molecule has 130 valence electrons. The van der Waals surface area contributed by atoms with Crippen molar-refractivity contribution >= 4 is 11.9 Å². The smallest absolute Gasteiger partial charge is 0.469 e. The molecule has 0 saturated heterocycles. The minimum atomic E-state index is -4.82. The molecule has 0 spiro atoms. The number of halogens is 3. The highest BCUT2D eigenvalue weighted by atomic mass is 19.4. The van der Waals surface area contributed by atoms with Gasteiger partial charge in [-0.25, -0.2) is 0 Å². The van der Waals surface area contributed by atoms with Gasteiger partial charge in [0, 0.05) is 19.5 Å². The summed E-state index contributed by atoms with van der Waals surface area (Å²) in [6, 6.07) is 0. The van der Waals surface area contributed by atoms with Gasteiger partial charge >= 0.3 is 18.1 Å². The number of unbranched alkanes of at least 4 members (excludes halogenated alkanes) is 5. The summed E-state index contributed by atoms with van der Waals surface area (Å²) in [5.74, 6) is -2.10. The van der Waals surface area contributed by atoms with E-state index < -0.39 is 12.1 Å². The molecule has 22 heavy (non-hydrogen) atoms. The van der Waals surface area contributed by atoms with E-state index in [4.69, 9.17) is 0 Å². The minimum Gasteiger partial charge on any atom is -0.469 e. The van der Waals surface area contributed by atoms with Crippen LogP contribution in [0.3, 0.4) is 0 Å². The second-order valence-electron chi connectivity index (χ2n) is 5.24. The zero-order valence-corrected chi connectivity index (χ0v) is 13.4. The predicted octanol–water partition coefficient (Wildman–Crippen LogP) is 3.69. The summed E-state index contributed by atoms with van der Waals surface area (Å²) in [5.41, 5.74) is 0. The third kappa shape index (κ3) is 9.63. The number of amides is 1. The van der Waals surface area contributed by atoms with Crippen LogP contribution < -0.4 is 0 Å². The topological polar surface area (TPSA) is 46.6 Å². The van der Waals surface area contributed by atoms with Crippen molar-refractivity contribution in [3.8, 4) is 0 Å². The van der Waals surface area contributed by atoms with Crippen LogP contribution in [0.5, 0.6) is 0 Å². The standard InChI is InChI=1S/C15H26F3NO3/c1-3-4-5-8-11-19(14(21)15(16,17)18)12-9-6-7-10-13(20)22-2/h3-12H2,1-2H3. The number of carbonyl (C=O) groups is 2. The summed E-state index contributed by atoms with van der Waals surface area (Å²) in [4.78, 5) is 23.2. The lowest BCUT2D eigenvalue weighted by molar-refractivity contribution is -0.185. The highest BCUT2D eigenvalue weighted by molar-refractivity contribution is 5.81. The summed E-state index contributed by atoms with van der Waals surface area (Å²) in [7, 11) is 1.29. The lowest BCUT2D eigenvalue weighted by atomic mass is 10.1. The first-order valence-electron chi connectivity index (χ1n) is 7.75. The maximum atomic E-state index is 12.5. The van der Waals surface area contributed by atoms with Crippen LogP contribution in [0.4, 0.5) is 13.2 Å². The number of alkyl halides is 3. The normalized spacial score (nSPS) is 11.3. The number of carbonyl (C=O) groups excluding carboxylic acids is 2. The maximum absolute atomic E-state index is 12.5. The Bertz CT molecular complexity index is 332. The Morgan fingerprint density at radius 1 is 0.955 bits per heavy atom. The second kappa shape index (κ2) is 11.3. The van der Waals surface area contributed by atoms with E-state index in [0.29, 0.717) is 25.7 Å². The molecule has 0 aromatic carbocycles. The molecule has 0 saturated carbocycles. The molecule has 0 aliphatic heterocycles. The number of esters is 1. The fraction of sp³-hybridized carbons (Fsp3) is 0.867. The lowest BCUT2D eigenvalue weighted by Crippen LogP contribution is -2.42. The fourth-order valence-corrected chi connectivity index (χ4v) is 2.07. The van der Waals surface area contributed by atoms with Gasteiger partial charge in [-0.05, 0) is 19.3 Å². The molecule has 1 amide bonds. The van der Waals surface area contributed by atoms with Gasteiger partial charge in [-0.3, -0.25) is 9.59 Å². The Morgan fingerprint density at radius 3 is 1.95 bits per heavy atom. The van der Waals surface area contributed by atoms with Crippen LogP contribution in [0.15, 0.2) is 0 Å². The monoisotopic (exact) mass is 325 g/mol. The van der Waals surface area contributed by atoms with Gasteiger partial charge in [-0.15, -0.1) is 0 Å². The van der Waals surface area contributed by atoms with Crippen molar-refractivity contribution in [3.63, 3.8) is 0 Å². The van der Waals surface area contributed by atoms with Crippen LogP contribution >= 0.6 is 0 Å². The third-order valence-electron chi connectivity index (χ3n) is 3.35. The zero-order chi connectivity index (χ0) is 17.0. The summed E-state index contributed by atoms with van der Waals surface area (Å²) in [5, 5.41) is 0. The zero-order valence-electron chi connectivity index (χ0n) is 13.4. The van der Waals surface area contributed by atoms with E-state index in [0.717, 1.165) is 24.2 Å². The van der Waals surface area contributed by atoms with Crippen molar-refractivity contribution < 1.29 is 27.5 Å². The van der Waals surface area contributed by atoms with Gasteiger partial charge in [-0.1, -0.05) is 32.6 Å². The van der Waals surface area contributed by atoms with E-state index in [2.05, 4.69) is 4.74 Å². The van der Waals surface area contributed by atoms with Crippen LogP contribution in [0.2, 0.25) is 0 Å². The van der Waals surface area contributed by atoms with Gasteiger partial charge in [0.05, 0.1) is 7.11 Å². The number of methoxy groups -OCH3 is 1. The van der Waals surface area contributed by atoms with E-state index >= 15 is 0 Å². The molecule has 0 N–H and O–H groups in total. The average Bonchev–Trinajstić information content (AvgIpc) is 2.47. The summed E-state index contributed by atoms with van der Waals surface area (Å²) >= 11 is 0. The van der Waals surface area contributed by atoms with Crippen molar-refractivity contribution in [2.75, 3.05) is 20.2 Å². The molecule has 0 bridgehead atoms. The lowest BCUT2D eigenvalue weighted by Gasteiger charge is -2.23. The Labute approximate surface area is 130 Å². The van der Waals surface area contributed by atoms with Crippen molar-refractivity contribution in [2.24, 2.45) is 0 Å². The number of hydrogen-bond donors (Lipinski definition) is 0. The summed E-state index contributed by atoms with van der Waals surface area (Å²) in [6.45, 7) is 2.22. The molecule has 4 nitrogen and oxygen atoms in total. The second-order valence-corrected chi connectivity index (χ2v) is 5.24. The van der Waals surface area contributed by atoms with Crippen LogP contribution in [0.25, 0.3) is 0 Å². The van der Waals surface area contributed by atoms with E-state index in [1.165, 1.54) is 7.11 Å². The highest BCUT2D eigenvalue weighted by Gasteiger charge is 2.41. The maximum Gasteiger partial charge on any atom is 0.471 e. The van der Waals surface area contributed by atoms with E-state index in [9.17, 15) is 22.8 Å². The van der Waals surface area contributed by atoms with E-state index in [1.54, 1.807) is 0 Å². The first-order valence-corrected chi connectivity index (χ1v) is 7.75. The quantitative estimate of drug-likeness (QED) is 0.430. The molecule has 0 rings (SSSR count). The number of ether oxygens (including phenoxy) is 1. The van der Waals surface area contributed by atoms with Crippen molar-refractivity contribution in [3.05, 3.63) is 0 Å². The molecule has 0 aromatic heterocycles. The number of rotatable bonds is 11. The Morgan fingerprint density at radius 2 is 1.50 bits per heavy atom. The SMILES string of the molecule is CCCCCCN(CCCCCC(=O)OC)C(=O)C(F)(F)F.